The van der Waals surface area contributed by atoms with Gasteiger partial charge in [-0.3, -0.25) is 0 Å². The van der Waals surface area contributed by atoms with Gasteiger partial charge in [0, 0.05) is 18.0 Å². The third-order valence-electron chi connectivity index (χ3n) is 3.35. The van der Waals surface area contributed by atoms with Gasteiger partial charge in [-0.25, -0.2) is 15.0 Å². The Morgan fingerprint density at radius 1 is 0.810 bits per heavy atom. The monoisotopic (exact) mass is 292 g/mol. The highest BCUT2D eigenvalue weighted by Crippen LogP contribution is 2.31. The molecule has 0 unspecified atom stereocenters. The molecular weight excluding hydrogens is 284 g/mol. The van der Waals surface area contributed by atoms with Crippen LogP contribution in [0.4, 0.5) is 0 Å². The molecule has 0 aliphatic heterocycles. The minimum Gasteiger partial charge on any atom is -0.249 e. The van der Waals surface area contributed by atoms with Gasteiger partial charge in [0.1, 0.15) is 11.2 Å². The molecule has 4 aromatic rings. The number of hydrogen-bond donors (Lipinski definition) is 0. The molecule has 0 saturated carbocycles. The summed E-state index contributed by atoms with van der Waals surface area (Å²) in [6.45, 7) is 0. The Labute approximate surface area is 125 Å². The Bertz CT molecular complexity index is 963. The van der Waals surface area contributed by atoms with Crippen molar-refractivity contribution in [2.75, 3.05) is 0 Å². The van der Waals surface area contributed by atoms with E-state index < -0.39 is 0 Å². The van der Waals surface area contributed by atoms with Crippen molar-refractivity contribution >= 4 is 33.5 Å². The lowest BCUT2D eigenvalue weighted by molar-refractivity contribution is 1.15. The van der Waals surface area contributed by atoms with Gasteiger partial charge in [0.2, 0.25) is 5.28 Å². The molecule has 0 spiro atoms. The Morgan fingerprint density at radius 2 is 1.62 bits per heavy atom. The van der Waals surface area contributed by atoms with Gasteiger partial charge in [0.25, 0.3) is 0 Å². The zero-order chi connectivity index (χ0) is 14.2. The van der Waals surface area contributed by atoms with Gasteiger partial charge in [0.15, 0.2) is 5.65 Å². The summed E-state index contributed by atoms with van der Waals surface area (Å²) in [5.41, 5.74) is 2.83. The molecule has 0 atom stereocenters. The van der Waals surface area contributed by atoms with E-state index in [1.807, 2.05) is 24.3 Å². The molecule has 2 aromatic carbocycles. The van der Waals surface area contributed by atoms with Crippen molar-refractivity contribution in [3.05, 3.63) is 60.1 Å². The van der Waals surface area contributed by atoms with E-state index in [1.54, 1.807) is 12.4 Å². The number of halogens is 1. The zero-order valence-electron chi connectivity index (χ0n) is 10.9. The van der Waals surface area contributed by atoms with E-state index in [2.05, 4.69) is 38.1 Å². The Balaban J connectivity index is 2.14. The van der Waals surface area contributed by atoms with Crippen LogP contribution in [0.5, 0.6) is 0 Å². The number of aromatic nitrogens is 4. The predicted molar refractivity (Wildman–Crippen MR) is 83.1 cm³/mol. The Morgan fingerprint density at radius 3 is 2.57 bits per heavy atom. The third kappa shape index (κ3) is 2.00. The topological polar surface area (TPSA) is 51.6 Å². The summed E-state index contributed by atoms with van der Waals surface area (Å²) in [6.07, 6.45) is 3.23. The van der Waals surface area contributed by atoms with Crippen LogP contribution in [0, 0.1) is 0 Å². The van der Waals surface area contributed by atoms with E-state index in [0.29, 0.717) is 16.9 Å². The second kappa shape index (κ2) is 4.75. The molecule has 0 radical (unpaired) electrons. The van der Waals surface area contributed by atoms with Crippen LogP contribution in [0.1, 0.15) is 0 Å². The largest absolute Gasteiger partial charge is 0.249 e. The zero-order valence-corrected chi connectivity index (χ0v) is 11.6. The summed E-state index contributed by atoms with van der Waals surface area (Å²) in [5, 5.41) is 2.41. The first kappa shape index (κ1) is 12.2. The summed E-state index contributed by atoms with van der Waals surface area (Å²) < 4.78 is 0. The van der Waals surface area contributed by atoms with Crippen molar-refractivity contribution in [2.24, 2.45) is 0 Å². The van der Waals surface area contributed by atoms with Crippen LogP contribution in [0.2, 0.25) is 5.28 Å². The summed E-state index contributed by atoms with van der Waals surface area (Å²) in [6, 6.07) is 14.2. The van der Waals surface area contributed by atoms with Gasteiger partial charge >= 0.3 is 0 Å². The molecule has 4 nitrogen and oxygen atoms in total. The standard InChI is InChI=1S/C16H9ClN4/c17-16-20-13(14-15(21-16)19-9-8-18-14)12-7-3-5-10-4-1-2-6-11(10)12/h1-9H. The minimum atomic E-state index is 0.172. The van der Waals surface area contributed by atoms with Crippen molar-refractivity contribution in [3.8, 4) is 11.3 Å². The summed E-state index contributed by atoms with van der Waals surface area (Å²) >= 11 is 6.03. The first-order valence-corrected chi connectivity index (χ1v) is 6.83. The molecule has 0 N–H and O–H groups in total. The fourth-order valence-electron chi connectivity index (χ4n) is 2.46. The molecule has 4 rings (SSSR count). The molecule has 0 aliphatic rings. The summed E-state index contributed by atoms with van der Waals surface area (Å²) in [4.78, 5) is 17.1. The number of fused-ring (bicyclic) bond motifs is 2. The average molecular weight is 293 g/mol. The number of hydrogen-bond acceptors (Lipinski definition) is 4. The van der Waals surface area contributed by atoms with Crippen LogP contribution >= 0.6 is 11.6 Å². The van der Waals surface area contributed by atoms with Crippen LogP contribution in [0.3, 0.4) is 0 Å². The van der Waals surface area contributed by atoms with Crippen molar-refractivity contribution in [3.63, 3.8) is 0 Å². The molecule has 5 heteroatoms. The van der Waals surface area contributed by atoms with Crippen LogP contribution in [-0.4, -0.2) is 19.9 Å². The van der Waals surface area contributed by atoms with E-state index in [0.717, 1.165) is 16.3 Å². The number of nitrogens with zero attached hydrogens (tertiary/aromatic N) is 4. The van der Waals surface area contributed by atoms with Gasteiger partial charge in [-0.2, -0.15) is 4.98 Å². The molecule has 0 bridgehead atoms. The summed E-state index contributed by atoms with van der Waals surface area (Å²) in [7, 11) is 0. The third-order valence-corrected chi connectivity index (χ3v) is 3.52. The van der Waals surface area contributed by atoms with Crippen LogP contribution < -0.4 is 0 Å². The van der Waals surface area contributed by atoms with Gasteiger partial charge in [-0.15, -0.1) is 0 Å². The minimum absolute atomic E-state index is 0.172. The lowest BCUT2D eigenvalue weighted by Gasteiger charge is -2.08. The molecular formula is C16H9ClN4. The second-order valence-corrected chi connectivity index (χ2v) is 4.93. The normalized spacial score (nSPS) is 11.1. The van der Waals surface area contributed by atoms with Crippen molar-refractivity contribution in [1.82, 2.24) is 19.9 Å². The highest BCUT2D eigenvalue weighted by molar-refractivity contribution is 6.28. The van der Waals surface area contributed by atoms with Crippen LogP contribution in [0.25, 0.3) is 33.2 Å². The van der Waals surface area contributed by atoms with Gasteiger partial charge in [-0.1, -0.05) is 42.5 Å². The molecule has 100 valence electrons. The Hall–Kier alpha value is -2.59. The lowest BCUT2D eigenvalue weighted by atomic mass is 10.0. The smallest absolute Gasteiger partial charge is 0.225 e. The van der Waals surface area contributed by atoms with E-state index in [-0.39, 0.29) is 5.28 Å². The highest BCUT2D eigenvalue weighted by atomic mass is 35.5. The maximum absolute atomic E-state index is 6.03. The van der Waals surface area contributed by atoms with E-state index in [9.17, 15) is 0 Å². The highest BCUT2D eigenvalue weighted by Gasteiger charge is 2.13. The van der Waals surface area contributed by atoms with Crippen molar-refractivity contribution in [1.29, 1.82) is 0 Å². The van der Waals surface area contributed by atoms with E-state index in [1.165, 1.54) is 0 Å². The number of rotatable bonds is 1. The van der Waals surface area contributed by atoms with Gasteiger partial charge in [-0.05, 0) is 22.4 Å². The molecule has 0 saturated heterocycles. The molecule has 2 aromatic heterocycles. The second-order valence-electron chi connectivity index (χ2n) is 4.60. The molecule has 21 heavy (non-hydrogen) atoms. The molecule has 0 aliphatic carbocycles. The first-order chi connectivity index (χ1) is 10.3. The molecule has 2 heterocycles. The molecule has 0 amide bonds. The maximum atomic E-state index is 6.03. The van der Waals surface area contributed by atoms with Crippen LogP contribution in [-0.2, 0) is 0 Å². The lowest BCUT2D eigenvalue weighted by Crippen LogP contribution is -1.95. The molecule has 0 fully saturated rings. The first-order valence-electron chi connectivity index (χ1n) is 6.45. The predicted octanol–water partition coefficient (Wildman–Crippen LogP) is 3.89. The average Bonchev–Trinajstić information content (AvgIpc) is 2.53. The van der Waals surface area contributed by atoms with Crippen molar-refractivity contribution < 1.29 is 0 Å². The van der Waals surface area contributed by atoms with Gasteiger partial charge in [0.05, 0.1) is 0 Å². The van der Waals surface area contributed by atoms with Gasteiger partial charge < -0.3 is 0 Å². The maximum Gasteiger partial charge on any atom is 0.225 e. The Kier molecular flexibility index (Phi) is 2.75. The van der Waals surface area contributed by atoms with Crippen molar-refractivity contribution in [2.45, 2.75) is 0 Å². The quantitative estimate of drug-likeness (QED) is 0.499. The fourth-order valence-corrected chi connectivity index (χ4v) is 2.62. The fraction of sp³-hybridized carbons (Fsp3) is 0. The number of benzene rings is 2. The summed E-state index contributed by atoms with van der Waals surface area (Å²) in [5.74, 6) is 0. The van der Waals surface area contributed by atoms with E-state index >= 15 is 0 Å². The van der Waals surface area contributed by atoms with E-state index in [4.69, 9.17) is 11.6 Å². The SMILES string of the molecule is Clc1nc(-c2cccc3ccccc23)c2nccnc2n1. The van der Waals surface area contributed by atoms with Crippen LogP contribution in [0.15, 0.2) is 54.9 Å².